The first-order valence-electron chi connectivity index (χ1n) is 10.2. The summed E-state index contributed by atoms with van der Waals surface area (Å²) in [7, 11) is 0. The first kappa shape index (κ1) is 19.0. The van der Waals surface area contributed by atoms with Gasteiger partial charge in [-0.3, -0.25) is 0 Å². The summed E-state index contributed by atoms with van der Waals surface area (Å²) >= 11 is 0. The molecule has 0 unspecified atom stereocenters. The van der Waals surface area contributed by atoms with Crippen LogP contribution in [0, 0.1) is 16.0 Å². The molecule has 2 aliphatic rings. The average Bonchev–Trinajstić information content (AvgIpc) is 2.85. The molecule has 0 atom stereocenters. The average molecular weight is 374 g/mol. The molecule has 1 aliphatic heterocycles. The van der Waals surface area contributed by atoms with Crippen molar-refractivity contribution in [2.75, 3.05) is 0 Å². The fraction of sp³-hybridized carbons (Fsp3) is 0.423. The van der Waals surface area contributed by atoms with Crippen molar-refractivity contribution < 1.29 is 4.74 Å². The normalized spacial score (nSPS) is 19.9. The molecule has 28 heavy (non-hydrogen) atoms. The molecule has 1 heterocycles. The summed E-state index contributed by atoms with van der Waals surface area (Å²) in [5.74, 6) is 0. The summed E-state index contributed by atoms with van der Waals surface area (Å²) in [6.07, 6.45) is 3.27. The summed E-state index contributed by atoms with van der Waals surface area (Å²) in [5.41, 5.74) is 7.55. The van der Waals surface area contributed by atoms with Crippen LogP contribution in [-0.4, -0.2) is 10.5 Å². The second kappa shape index (κ2) is 5.83. The second-order valence-electron chi connectivity index (χ2n) is 10.8. The predicted molar refractivity (Wildman–Crippen MR) is 119 cm³/mol. The zero-order valence-electron chi connectivity index (χ0n) is 18.2. The smallest absolute Gasteiger partial charge is 0.225 e. The van der Waals surface area contributed by atoms with Gasteiger partial charge in [0.2, 0.25) is 11.4 Å². The van der Waals surface area contributed by atoms with E-state index in [1.54, 1.807) is 0 Å². The van der Waals surface area contributed by atoms with Crippen LogP contribution in [0.1, 0.15) is 66.0 Å². The van der Waals surface area contributed by atoms with Crippen molar-refractivity contribution in [3.63, 3.8) is 0 Å². The van der Waals surface area contributed by atoms with Gasteiger partial charge in [0.05, 0.1) is 16.6 Å². The Morgan fingerprint density at radius 1 is 0.893 bits per heavy atom. The Labute approximate surface area is 169 Å². The Morgan fingerprint density at radius 2 is 1.50 bits per heavy atom. The fourth-order valence-corrected chi connectivity index (χ4v) is 5.08. The number of nitrogens with zero attached hydrogens (tertiary/aromatic N) is 1. The van der Waals surface area contributed by atoms with Gasteiger partial charge in [-0.15, -0.1) is 0 Å². The zero-order chi connectivity index (χ0) is 20.5. The monoisotopic (exact) mass is 373 g/mol. The van der Waals surface area contributed by atoms with Crippen LogP contribution in [-0.2, 0) is 5.41 Å². The molecule has 0 amide bonds. The molecule has 0 saturated heterocycles. The first-order chi connectivity index (χ1) is 12.9. The highest BCUT2D eigenvalue weighted by Crippen LogP contribution is 2.51. The zero-order valence-corrected chi connectivity index (χ0v) is 18.2. The molecular weight excluding hydrogens is 342 g/mol. The third-order valence-corrected chi connectivity index (χ3v) is 6.12. The Morgan fingerprint density at radius 3 is 2.11 bits per heavy atom. The van der Waals surface area contributed by atoms with E-state index in [2.05, 4.69) is 97.0 Å². The van der Waals surface area contributed by atoms with Gasteiger partial charge in [-0.1, -0.05) is 71.0 Å². The lowest BCUT2D eigenvalue weighted by molar-refractivity contribution is -0.361. The molecule has 2 aromatic carbocycles. The molecule has 0 saturated carbocycles. The molecule has 2 aromatic rings. The van der Waals surface area contributed by atoms with Crippen LogP contribution < -0.4 is 0 Å². The van der Waals surface area contributed by atoms with Crippen LogP contribution in [0.4, 0.5) is 5.69 Å². The summed E-state index contributed by atoms with van der Waals surface area (Å²) < 4.78 is 1.18. The van der Waals surface area contributed by atoms with Crippen molar-refractivity contribution in [1.82, 2.24) is 0 Å². The van der Waals surface area contributed by atoms with Gasteiger partial charge in [-0.05, 0) is 53.9 Å². The Hall–Kier alpha value is -2.35. The third-order valence-electron chi connectivity index (χ3n) is 6.12. The molecule has 4 rings (SSSR count). The van der Waals surface area contributed by atoms with E-state index in [9.17, 15) is 5.21 Å². The molecule has 0 bridgehead atoms. The quantitative estimate of drug-likeness (QED) is 0.387. The van der Waals surface area contributed by atoms with Gasteiger partial charge in [0.25, 0.3) is 0 Å². The minimum absolute atomic E-state index is 0.0895. The maximum absolute atomic E-state index is 13.3. The number of fused-ring (bicyclic) bond motifs is 3. The SMILES string of the molecule is CC1(C)C=C2C(=[N+]([O-])c3cc(-c4ccc(C(C)(C)C)cc4)ccc32)C(C)(C)C1. The van der Waals surface area contributed by atoms with E-state index in [4.69, 9.17) is 0 Å². The van der Waals surface area contributed by atoms with Crippen molar-refractivity contribution in [2.24, 2.45) is 10.8 Å². The number of rotatable bonds is 1. The van der Waals surface area contributed by atoms with Gasteiger partial charge in [0.15, 0.2) is 0 Å². The molecule has 146 valence electrons. The van der Waals surface area contributed by atoms with Crippen LogP contribution in [0.25, 0.3) is 16.7 Å². The van der Waals surface area contributed by atoms with Gasteiger partial charge in [0, 0.05) is 6.07 Å². The largest absolute Gasteiger partial charge is 0.618 e. The van der Waals surface area contributed by atoms with Crippen LogP contribution >= 0.6 is 0 Å². The van der Waals surface area contributed by atoms with Gasteiger partial charge in [-0.25, -0.2) is 0 Å². The summed E-state index contributed by atoms with van der Waals surface area (Å²) in [4.78, 5) is 0. The minimum Gasteiger partial charge on any atom is -0.618 e. The van der Waals surface area contributed by atoms with Crippen LogP contribution in [0.2, 0.25) is 0 Å². The lowest BCUT2D eigenvalue weighted by Gasteiger charge is -2.36. The molecular formula is C26H31NO. The highest BCUT2D eigenvalue weighted by Gasteiger charge is 2.48. The molecule has 0 radical (unpaired) electrons. The van der Waals surface area contributed by atoms with E-state index in [1.165, 1.54) is 10.3 Å². The maximum atomic E-state index is 13.3. The van der Waals surface area contributed by atoms with Gasteiger partial charge >= 0.3 is 0 Å². The Balaban J connectivity index is 1.81. The van der Waals surface area contributed by atoms with Crippen molar-refractivity contribution in [1.29, 1.82) is 0 Å². The van der Waals surface area contributed by atoms with Crippen LogP contribution in [0.15, 0.2) is 48.5 Å². The van der Waals surface area contributed by atoms with Gasteiger partial charge in [-0.2, -0.15) is 4.74 Å². The molecule has 2 nitrogen and oxygen atoms in total. The van der Waals surface area contributed by atoms with Crippen molar-refractivity contribution in [3.8, 4) is 11.1 Å². The second-order valence-corrected chi connectivity index (χ2v) is 10.8. The van der Waals surface area contributed by atoms with E-state index in [-0.39, 0.29) is 16.2 Å². The van der Waals surface area contributed by atoms with Crippen LogP contribution in [0.5, 0.6) is 0 Å². The number of hydrogen-bond acceptors (Lipinski definition) is 1. The maximum Gasteiger partial charge on any atom is 0.225 e. The standard InChI is InChI=1S/C26H31NO/c1-24(2,3)19-11-8-17(9-12-19)18-10-13-20-21-15-25(4,5)16-26(6,7)23(21)27(28)22(20)14-18/h8-15H,16H2,1-7H3. The first-order valence-corrected chi connectivity index (χ1v) is 10.2. The molecule has 0 N–H and O–H groups in total. The number of benzene rings is 2. The van der Waals surface area contributed by atoms with E-state index >= 15 is 0 Å². The minimum atomic E-state index is -0.136. The van der Waals surface area contributed by atoms with Crippen molar-refractivity contribution in [3.05, 3.63) is 64.9 Å². The van der Waals surface area contributed by atoms with E-state index < -0.39 is 0 Å². The van der Waals surface area contributed by atoms with Crippen molar-refractivity contribution >= 4 is 17.0 Å². The molecule has 1 aliphatic carbocycles. The number of hydrogen-bond donors (Lipinski definition) is 0. The number of allylic oxidation sites excluding steroid dienone is 2. The van der Waals surface area contributed by atoms with Crippen molar-refractivity contribution in [2.45, 2.75) is 60.3 Å². The fourth-order valence-electron chi connectivity index (χ4n) is 5.08. The van der Waals surface area contributed by atoms with E-state index in [1.807, 2.05) is 0 Å². The Kier molecular flexibility index (Phi) is 3.95. The highest BCUT2D eigenvalue weighted by atomic mass is 16.5. The third kappa shape index (κ3) is 2.99. The lowest BCUT2D eigenvalue weighted by atomic mass is 9.65. The molecule has 0 spiro atoms. The predicted octanol–water partition coefficient (Wildman–Crippen LogP) is 7.09. The molecule has 0 aromatic heterocycles. The Bertz CT molecular complexity index is 1010. The van der Waals surface area contributed by atoms with E-state index in [0.717, 1.165) is 40.1 Å². The van der Waals surface area contributed by atoms with Crippen LogP contribution in [0.3, 0.4) is 0 Å². The van der Waals surface area contributed by atoms with Gasteiger partial charge < -0.3 is 5.21 Å². The topological polar surface area (TPSA) is 26.1 Å². The molecule has 0 fully saturated rings. The summed E-state index contributed by atoms with van der Waals surface area (Å²) in [6, 6.07) is 15.1. The molecule has 2 heteroatoms. The lowest BCUT2D eigenvalue weighted by Crippen LogP contribution is -2.36. The highest BCUT2D eigenvalue weighted by molar-refractivity contribution is 6.28. The summed E-state index contributed by atoms with van der Waals surface area (Å²) in [5, 5.41) is 13.3. The summed E-state index contributed by atoms with van der Waals surface area (Å²) in [6.45, 7) is 15.6. The van der Waals surface area contributed by atoms with E-state index in [0.29, 0.717) is 0 Å². The van der Waals surface area contributed by atoms with Gasteiger partial charge in [0.1, 0.15) is 0 Å².